The highest BCUT2D eigenvalue weighted by atomic mass is 19.4. The van der Waals surface area contributed by atoms with Gasteiger partial charge in [-0.25, -0.2) is 8.78 Å². The number of aryl methyl sites for hydroxylation is 1. The summed E-state index contributed by atoms with van der Waals surface area (Å²) >= 11 is 0. The Labute approximate surface area is 182 Å². The van der Waals surface area contributed by atoms with E-state index in [1.165, 1.54) is 24.3 Å². The molecule has 0 spiro atoms. The molecule has 6 heteroatoms. The van der Waals surface area contributed by atoms with Crippen LogP contribution in [0.1, 0.15) is 18.9 Å². The fourth-order valence-corrected chi connectivity index (χ4v) is 3.76. The molecule has 0 aliphatic heterocycles. The van der Waals surface area contributed by atoms with Gasteiger partial charge in [0.1, 0.15) is 17.4 Å². The molecule has 0 bridgehead atoms. The summed E-state index contributed by atoms with van der Waals surface area (Å²) in [6, 6.07) is 18.3. The van der Waals surface area contributed by atoms with Gasteiger partial charge in [0.2, 0.25) is 0 Å². The number of alkyl halides is 3. The van der Waals surface area contributed by atoms with Crippen LogP contribution in [0.15, 0.2) is 72.8 Å². The molecule has 0 unspecified atom stereocenters. The Morgan fingerprint density at radius 1 is 0.750 bits per heavy atom. The summed E-state index contributed by atoms with van der Waals surface area (Å²) in [4.78, 5) is 0. The number of fused-ring (bicyclic) bond motifs is 1. The van der Waals surface area contributed by atoms with Crippen LogP contribution in [-0.4, -0.2) is 6.36 Å². The van der Waals surface area contributed by atoms with Gasteiger partial charge in [-0.2, -0.15) is 0 Å². The Balaban J connectivity index is 1.65. The summed E-state index contributed by atoms with van der Waals surface area (Å²) in [6.07, 6.45) is -2.89. The molecule has 0 saturated carbocycles. The molecule has 164 valence electrons. The normalized spacial score (nSPS) is 11.7. The summed E-state index contributed by atoms with van der Waals surface area (Å²) in [5.41, 5.74) is 2.36. The quantitative estimate of drug-likeness (QED) is 0.283. The third kappa shape index (κ3) is 4.59. The zero-order chi connectivity index (χ0) is 22.9. The van der Waals surface area contributed by atoms with Crippen LogP contribution in [0.25, 0.3) is 33.0 Å². The van der Waals surface area contributed by atoms with Gasteiger partial charge in [0.05, 0.1) is 0 Å². The Bertz CT molecular complexity index is 1260. The van der Waals surface area contributed by atoms with Crippen molar-refractivity contribution in [3.63, 3.8) is 0 Å². The van der Waals surface area contributed by atoms with Crippen molar-refractivity contribution >= 4 is 10.8 Å². The van der Waals surface area contributed by atoms with E-state index in [2.05, 4.69) is 11.7 Å². The maximum absolute atomic E-state index is 15.2. The van der Waals surface area contributed by atoms with Crippen LogP contribution in [0, 0.1) is 11.6 Å². The predicted molar refractivity (Wildman–Crippen MR) is 115 cm³/mol. The topological polar surface area (TPSA) is 9.23 Å². The third-order valence-electron chi connectivity index (χ3n) is 5.24. The van der Waals surface area contributed by atoms with Gasteiger partial charge < -0.3 is 4.74 Å². The van der Waals surface area contributed by atoms with E-state index in [9.17, 15) is 17.6 Å². The largest absolute Gasteiger partial charge is 0.573 e. The summed E-state index contributed by atoms with van der Waals surface area (Å²) in [6.45, 7) is 2.08. The van der Waals surface area contributed by atoms with E-state index >= 15 is 4.39 Å². The van der Waals surface area contributed by atoms with E-state index in [0.29, 0.717) is 16.5 Å². The molecule has 0 saturated heterocycles. The molecule has 0 amide bonds. The highest BCUT2D eigenvalue weighted by molar-refractivity contribution is 5.89. The number of hydrogen-bond acceptors (Lipinski definition) is 1. The second-order valence-corrected chi connectivity index (χ2v) is 7.50. The lowest BCUT2D eigenvalue weighted by molar-refractivity contribution is -0.274. The monoisotopic (exact) mass is 442 g/mol. The standard InChI is InChI=1S/C26H19F5O/c1-2-3-16-4-11-22-18(14-16)8-13-23(25(22)28)19-7-12-21(24(27)15-19)17-5-9-20(10-6-17)32-26(29,30)31/h4-15H,2-3H2,1H3. The number of benzene rings is 4. The van der Waals surface area contributed by atoms with Gasteiger partial charge in [0.15, 0.2) is 0 Å². The molecule has 4 aromatic carbocycles. The molecule has 4 rings (SSSR count). The van der Waals surface area contributed by atoms with Crippen molar-refractivity contribution in [1.29, 1.82) is 0 Å². The molecule has 1 nitrogen and oxygen atoms in total. The fourth-order valence-electron chi connectivity index (χ4n) is 3.76. The molecule has 0 radical (unpaired) electrons. The van der Waals surface area contributed by atoms with E-state index < -0.39 is 23.7 Å². The SMILES string of the molecule is CCCc1ccc2c(F)c(-c3ccc(-c4ccc(OC(F)(F)F)cc4)c(F)c3)ccc2c1. The van der Waals surface area contributed by atoms with Crippen LogP contribution in [-0.2, 0) is 6.42 Å². The fraction of sp³-hybridized carbons (Fsp3) is 0.154. The minimum atomic E-state index is -4.80. The first-order valence-electron chi connectivity index (χ1n) is 10.1. The maximum Gasteiger partial charge on any atom is 0.573 e. The second kappa shape index (κ2) is 8.61. The molecule has 0 aromatic heterocycles. The van der Waals surface area contributed by atoms with E-state index in [-0.39, 0.29) is 11.1 Å². The van der Waals surface area contributed by atoms with Gasteiger partial charge in [-0.1, -0.05) is 67.9 Å². The lowest BCUT2D eigenvalue weighted by Gasteiger charge is -2.11. The molecule has 0 aliphatic carbocycles. The van der Waals surface area contributed by atoms with Crippen LogP contribution in [0.4, 0.5) is 22.0 Å². The summed E-state index contributed by atoms with van der Waals surface area (Å²) < 4.78 is 70.8. The maximum atomic E-state index is 15.2. The summed E-state index contributed by atoms with van der Waals surface area (Å²) in [5.74, 6) is -1.42. The number of ether oxygens (including phenoxy) is 1. The first-order valence-corrected chi connectivity index (χ1v) is 10.1. The molecule has 4 aromatic rings. The molecule has 0 atom stereocenters. The smallest absolute Gasteiger partial charge is 0.406 e. The second-order valence-electron chi connectivity index (χ2n) is 7.50. The van der Waals surface area contributed by atoms with Crippen molar-refractivity contribution in [2.45, 2.75) is 26.1 Å². The summed E-state index contributed by atoms with van der Waals surface area (Å²) in [7, 11) is 0. The zero-order valence-electron chi connectivity index (χ0n) is 17.1. The van der Waals surface area contributed by atoms with E-state index in [0.717, 1.165) is 35.9 Å². The Hall–Kier alpha value is -3.41. The first kappa shape index (κ1) is 21.8. The van der Waals surface area contributed by atoms with Crippen molar-refractivity contribution in [3.05, 3.63) is 90.0 Å². The van der Waals surface area contributed by atoms with Crippen molar-refractivity contribution in [1.82, 2.24) is 0 Å². The average Bonchev–Trinajstić information content (AvgIpc) is 2.74. The Morgan fingerprint density at radius 2 is 1.44 bits per heavy atom. The van der Waals surface area contributed by atoms with Crippen LogP contribution in [0.5, 0.6) is 5.75 Å². The van der Waals surface area contributed by atoms with Gasteiger partial charge in [-0.3, -0.25) is 0 Å². The van der Waals surface area contributed by atoms with Crippen LogP contribution < -0.4 is 4.74 Å². The molecule has 0 fully saturated rings. The van der Waals surface area contributed by atoms with E-state index in [1.807, 2.05) is 18.2 Å². The Morgan fingerprint density at radius 3 is 2.09 bits per heavy atom. The van der Waals surface area contributed by atoms with Gasteiger partial charge in [-0.15, -0.1) is 13.2 Å². The predicted octanol–water partition coefficient (Wildman–Crippen LogP) is 8.30. The van der Waals surface area contributed by atoms with Gasteiger partial charge in [0, 0.05) is 16.5 Å². The molecule has 0 heterocycles. The number of rotatable bonds is 5. The Kier molecular flexibility index (Phi) is 5.87. The molecular formula is C26H19F5O. The van der Waals surface area contributed by atoms with Crippen LogP contribution in [0.3, 0.4) is 0 Å². The molecule has 0 aliphatic rings. The van der Waals surface area contributed by atoms with E-state index in [4.69, 9.17) is 0 Å². The molecular weight excluding hydrogens is 423 g/mol. The van der Waals surface area contributed by atoms with Crippen LogP contribution in [0.2, 0.25) is 0 Å². The highest BCUT2D eigenvalue weighted by Crippen LogP contribution is 2.33. The molecule has 32 heavy (non-hydrogen) atoms. The van der Waals surface area contributed by atoms with Gasteiger partial charge >= 0.3 is 6.36 Å². The number of hydrogen-bond donors (Lipinski definition) is 0. The lowest BCUT2D eigenvalue weighted by Crippen LogP contribution is -2.16. The highest BCUT2D eigenvalue weighted by Gasteiger charge is 2.31. The minimum Gasteiger partial charge on any atom is -0.406 e. The summed E-state index contributed by atoms with van der Waals surface area (Å²) in [5, 5.41) is 1.25. The minimum absolute atomic E-state index is 0.192. The van der Waals surface area contributed by atoms with Crippen molar-refractivity contribution in [2.75, 3.05) is 0 Å². The van der Waals surface area contributed by atoms with E-state index in [1.54, 1.807) is 18.2 Å². The van der Waals surface area contributed by atoms with Gasteiger partial charge in [0.25, 0.3) is 0 Å². The first-order chi connectivity index (χ1) is 15.2. The third-order valence-corrected chi connectivity index (χ3v) is 5.24. The average molecular weight is 442 g/mol. The van der Waals surface area contributed by atoms with Gasteiger partial charge in [-0.05, 0) is 46.7 Å². The van der Waals surface area contributed by atoms with Crippen LogP contribution >= 0.6 is 0 Å². The zero-order valence-corrected chi connectivity index (χ0v) is 17.1. The van der Waals surface area contributed by atoms with Crippen molar-refractivity contribution in [3.8, 4) is 28.0 Å². The van der Waals surface area contributed by atoms with Crippen molar-refractivity contribution in [2.24, 2.45) is 0 Å². The number of halogens is 5. The van der Waals surface area contributed by atoms with Crippen molar-refractivity contribution < 1.29 is 26.7 Å². The molecule has 0 N–H and O–H groups in total. The lowest BCUT2D eigenvalue weighted by atomic mass is 9.96.